The lowest BCUT2D eigenvalue weighted by atomic mass is 9.80. The average Bonchev–Trinajstić information content (AvgIpc) is 3.07. The van der Waals surface area contributed by atoms with Crippen molar-refractivity contribution in [2.45, 2.75) is 44.9 Å². The van der Waals surface area contributed by atoms with Crippen LogP contribution < -0.4 is 5.73 Å². The molecule has 0 saturated heterocycles. The van der Waals surface area contributed by atoms with Crippen LogP contribution in [0.2, 0.25) is 0 Å². The molecule has 0 amide bonds. The summed E-state index contributed by atoms with van der Waals surface area (Å²) in [6.07, 6.45) is 6.21. The molecule has 2 N–H and O–H groups in total. The summed E-state index contributed by atoms with van der Waals surface area (Å²) >= 11 is 1.55. The highest BCUT2D eigenvalue weighted by Crippen LogP contribution is 2.37. The average molecular weight is 277 g/mol. The summed E-state index contributed by atoms with van der Waals surface area (Å²) in [7, 11) is 0. The summed E-state index contributed by atoms with van der Waals surface area (Å²) in [4.78, 5) is 5.43. The molecule has 1 fully saturated rings. The van der Waals surface area contributed by atoms with Gasteiger partial charge in [-0.15, -0.1) is 11.3 Å². The van der Waals surface area contributed by atoms with E-state index in [4.69, 9.17) is 10.3 Å². The van der Waals surface area contributed by atoms with Crippen LogP contribution in [0.4, 0.5) is 5.69 Å². The van der Waals surface area contributed by atoms with Gasteiger partial charge in [-0.05, 0) is 43.0 Å². The lowest BCUT2D eigenvalue weighted by molar-refractivity contribution is 0.305. The van der Waals surface area contributed by atoms with Crippen molar-refractivity contribution in [1.29, 1.82) is 0 Å². The van der Waals surface area contributed by atoms with Gasteiger partial charge in [0.25, 0.3) is 5.89 Å². The molecular weight excluding hydrogens is 258 g/mol. The van der Waals surface area contributed by atoms with Crippen molar-refractivity contribution in [2.24, 2.45) is 5.92 Å². The predicted molar refractivity (Wildman–Crippen MR) is 77.0 cm³/mol. The Morgan fingerprint density at radius 1 is 1.37 bits per heavy atom. The number of thiophene rings is 1. The molecule has 0 unspecified atom stereocenters. The second kappa shape index (κ2) is 5.33. The van der Waals surface area contributed by atoms with E-state index in [1.54, 1.807) is 11.3 Å². The zero-order valence-electron chi connectivity index (χ0n) is 11.1. The van der Waals surface area contributed by atoms with Gasteiger partial charge in [0.2, 0.25) is 0 Å². The number of anilines is 1. The number of nitrogens with two attached hydrogens (primary N) is 1. The quantitative estimate of drug-likeness (QED) is 0.918. The third kappa shape index (κ3) is 2.52. The van der Waals surface area contributed by atoms with Crippen molar-refractivity contribution in [3.05, 3.63) is 17.3 Å². The first-order chi connectivity index (χ1) is 9.28. The van der Waals surface area contributed by atoms with Gasteiger partial charge in [-0.25, -0.2) is 0 Å². The first-order valence-corrected chi connectivity index (χ1v) is 7.82. The van der Waals surface area contributed by atoms with Gasteiger partial charge in [-0.2, -0.15) is 4.98 Å². The minimum Gasteiger partial charge on any atom is -0.397 e. The highest BCUT2D eigenvalue weighted by Gasteiger charge is 2.25. The first kappa shape index (κ1) is 12.7. The Morgan fingerprint density at radius 2 is 2.16 bits per heavy atom. The Bertz CT molecular complexity index is 540. The van der Waals surface area contributed by atoms with Crippen LogP contribution in [0, 0.1) is 5.92 Å². The summed E-state index contributed by atoms with van der Waals surface area (Å²) < 4.78 is 5.37. The molecule has 2 heterocycles. The van der Waals surface area contributed by atoms with Crippen LogP contribution in [-0.4, -0.2) is 10.1 Å². The third-order valence-corrected chi connectivity index (χ3v) is 5.04. The molecule has 0 radical (unpaired) electrons. The number of rotatable bonds is 3. The van der Waals surface area contributed by atoms with E-state index in [-0.39, 0.29) is 0 Å². The van der Waals surface area contributed by atoms with E-state index in [2.05, 4.69) is 17.1 Å². The molecular formula is C14H19N3OS. The Hall–Kier alpha value is -1.36. The fourth-order valence-corrected chi connectivity index (χ4v) is 3.55. The van der Waals surface area contributed by atoms with E-state index in [1.807, 2.05) is 11.4 Å². The Labute approximate surface area is 117 Å². The van der Waals surface area contributed by atoms with Crippen LogP contribution in [-0.2, 0) is 0 Å². The van der Waals surface area contributed by atoms with Crippen LogP contribution in [0.15, 0.2) is 16.0 Å². The maximum Gasteiger partial charge on any atom is 0.270 e. The normalized spacial score (nSPS) is 23.6. The molecule has 3 rings (SSSR count). The molecule has 19 heavy (non-hydrogen) atoms. The zero-order valence-corrected chi connectivity index (χ0v) is 11.9. The molecule has 0 bridgehead atoms. The molecule has 1 aliphatic rings. The number of nitrogens with zero attached hydrogens (tertiary/aromatic N) is 2. The van der Waals surface area contributed by atoms with E-state index in [1.165, 1.54) is 32.1 Å². The molecule has 1 aliphatic carbocycles. The molecule has 0 aromatic carbocycles. The molecule has 5 heteroatoms. The molecule has 0 aliphatic heterocycles. The lowest BCUT2D eigenvalue weighted by Gasteiger charge is -2.25. The van der Waals surface area contributed by atoms with Gasteiger partial charge >= 0.3 is 0 Å². The number of hydrogen-bond donors (Lipinski definition) is 1. The van der Waals surface area contributed by atoms with Gasteiger partial charge in [0, 0.05) is 5.92 Å². The van der Waals surface area contributed by atoms with Crippen LogP contribution >= 0.6 is 11.3 Å². The van der Waals surface area contributed by atoms with Crippen molar-refractivity contribution in [3.8, 4) is 10.8 Å². The third-order valence-electron chi connectivity index (χ3n) is 4.12. The summed E-state index contributed by atoms with van der Waals surface area (Å²) in [6, 6.07) is 1.87. The highest BCUT2D eigenvalue weighted by molar-refractivity contribution is 7.14. The first-order valence-electron chi connectivity index (χ1n) is 6.95. The van der Waals surface area contributed by atoms with Gasteiger partial charge in [0.15, 0.2) is 5.82 Å². The summed E-state index contributed by atoms with van der Waals surface area (Å²) in [5, 5.41) is 6.10. The molecule has 0 spiro atoms. The maximum atomic E-state index is 5.88. The topological polar surface area (TPSA) is 64.9 Å². The van der Waals surface area contributed by atoms with E-state index in [0.717, 1.165) is 22.3 Å². The number of aromatic nitrogens is 2. The van der Waals surface area contributed by atoms with Crippen molar-refractivity contribution in [1.82, 2.24) is 10.1 Å². The molecule has 2 aromatic heterocycles. The van der Waals surface area contributed by atoms with Crippen LogP contribution in [0.5, 0.6) is 0 Å². The maximum absolute atomic E-state index is 5.88. The second-order valence-corrected chi connectivity index (χ2v) is 6.20. The summed E-state index contributed by atoms with van der Waals surface area (Å²) in [5.74, 6) is 2.77. The number of nitrogen functional groups attached to an aromatic ring is 1. The van der Waals surface area contributed by atoms with Gasteiger partial charge in [-0.3, -0.25) is 0 Å². The SMILES string of the molecule is CCC1CCC(c2noc(-c3sccc3N)n2)CC1. The van der Waals surface area contributed by atoms with Gasteiger partial charge in [-0.1, -0.05) is 18.5 Å². The minimum absolute atomic E-state index is 0.460. The van der Waals surface area contributed by atoms with Gasteiger partial charge in [0.1, 0.15) is 4.88 Å². The Kier molecular flexibility index (Phi) is 3.55. The summed E-state index contributed by atoms with van der Waals surface area (Å²) in [6.45, 7) is 2.27. The van der Waals surface area contributed by atoms with Crippen LogP contribution in [0.25, 0.3) is 10.8 Å². The zero-order chi connectivity index (χ0) is 13.2. The minimum atomic E-state index is 0.460. The summed E-state index contributed by atoms with van der Waals surface area (Å²) in [5.41, 5.74) is 6.60. The smallest absolute Gasteiger partial charge is 0.270 e. The van der Waals surface area contributed by atoms with E-state index >= 15 is 0 Å². The van der Waals surface area contributed by atoms with Crippen molar-refractivity contribution in [3.63, 3.8) is 0 Å². The number of hydrogen-bond acceptors (Lipinski definition) is 5. The molecule has 102 valence electrons. The van der Waals surface area contributed by atoms with Crippen molar-refractivity contribution >= 4 is 17.0 Å². The van der Waals surface area contributed by atoms with Crippen molar-refractivity contribution < 1.29 is 4.52 Å². The van der Waals surface area contributed by atoms with Crippen LogP contribution in [0.1, 0.15) is 50.8 Å². The largest absolute Gasteiger partial charge is 0.397 e. The molecule has 2 aromatic rings. The molecule has 1 saturated carbocycles. The van der Waals surface area contributed by atoms with Gasteiger partial charge < -0.3 is 10.3 Å². The molecule has 4 nitrogen and oxygen atoms in total. The van der Waals surface area contributed by atoms with Gasteiger partial charge in [0.05, 0.1) is 5.69 Å². The Balaban J connectivity index is 1.74. The van der Waals surface area contributed by atoms with Crippen LogP contribution in [0.3, 0.4) is 0 Å². The Morgan fingerprint density at radius 3 is 2.79 bits per heavy atom. The van der Waals surface area contributed by atoms with E-state index < -0.39 is 0 Å². The predicted octanol–water partition coefficient (Wildman–Crippen LogP) is 4.06. The fourth-order valence-electron chi connectivity index (χ4n) is 2.81. The van der Waals surface area contributed by atoms with E-state index in [9.17, 15) is 0 Å². The fraction of sp³-hybridized carbons (Fsp3) is 0.571. The second-order valence-electron chi connectivity index (χ2n) is 5.29. The lowest BCUT2D eigenvalue weighted by Crippen LogP contribution is -2.13. The molecule has 0 atom stereocenters. The van der Waals surface area contributed by atoms with Crippen molar-refractivity contribution in [2.75, 3.05) is 5.73 Å². The monoisotopic (exact) mass is 277 g/mol. The highest BCUT2D eigenvalue weighted by atomic mass is 32.1. The van der Waals surface area contributed by atoms with E-state index in [0.29, 0.717) is 11.8 Å². The standard InChI is InChI=1S/C14H19N3OS/c1-2-9-3-5-10(6-4-9)13-16-14(18-17-13)12-11(15)7-8-19-12/h7-10H,2-6,15H2,1H3.